The Bertz CT molecular complexity index is 1710. The molecule has 12 nitrogen and oxygen atoms in total. The van der Waals surface area contributed by atoms with Gasteiger partial charge in [-0.2, -0.15) is 0 Å². The van der Waals surface area contributed by atoms with E-state index in [2.05, 4.69) is 124 Å². The van der Waals surface area contributed by atoms with Gasteiger partial charge in [-0.25, -0.2) is 4.79 Å². The number of aliphatic carboxylic acids is 1. The molecule has 0 aromatic carbocycles. The molecule has 0 radical (unpaired) electrons. The maximum absolute atomic E-state index is 13.0. The summed E-state index contributed by atoms with van der Waals surface area (Å²) in [5, 5.41) is 31.3. The van der Waals surface area contributed by atoms with Crippen LogP contribution < -0.4 is 0 Å². The topological polar surface area (TPSA) is 175 Å². The number of allylic oxidation sites excluding steroid dienone is 22. The summed E-state index contributed by atoms with van der Waals surface area (Å²) < 4.78 is 28.0. The highest BCUT2D eigenvalue weighted by Gasteiger charge is 2.50. The van der Waals surface area contributed by atoms with Crippen LogP contribution in [0, 0.1) is 0 Å². The van der Waals surface area contributed by atoms with Crippen molar-refractivity contribution in [3.05, 3.63) is 134 Å². The van der Waals surface area contributed by atoms with Gasteiger partial charge in [0.2, 0.25) is 0 Å². The summed E-state index contributed by atoms with van der Waals surface area (Å²) >= 11 is 0. The van der Waals surface area contributed by atoms with Crippen molar-refractivity contribution >= 4 is 23.9 Å². The molecular weight excluding hydrogens is 877 g/mol. The lowest BCUT2D eigenvalue weighted by molar-refractivity contribution is -0.301. The van der Waals surface area contributed by atoms with Crippen LogP contribution in [-0.4, -0.2) is 89.2 Å². The first-order valence-corrected chi connectivity index (χ1v) is 25.2. The molecule has 0 bridgehead atoms. The summed E-state index contributed by atoms with van der Waals surface area (Å²) in [5.41, 5.74) is 0. The minimum atomic E-state index is -1.94. The SMILES string of the molecule is CC/C=C\C/C=C\C/C=C\C/C=C\CCC(=O)OCC(COC1OC(C(=O)O)C(O)C(O)C1OC(=O)CCCCC/C=C\C/C=C\C/C=C\CC)OC(=O)CC/C=C\C/C=C\C/C=C\C/C=C\CC. The van der Waals surface area contributed by atoms with E-state index in [-0.39, 0.29) is 19.3 Å². The predicted molar refractivity (Wildman–Crippen MR) is 275 cm³/mol. The molecule has 69 heavy (non-hydrogen) atoms. The molecule has 1 fully saturated rings. The van der Waals surface area contributed by atoms with E-state index in [0.29, 0.717) is 25.7 Å². The number of carboxylic acid groups (broad SMARTS) is 1. The average Bonchev–Trinajstić information content (AvgIpc) is 3.33. The van der Waals surface area contributed by atoms with Gasteiger partial charge < -0.3 is 39.0 Å². The maximum Gasteiger partial charge on any atom is 0.335 e. The van der Waals surface area contributed by atoms with Crippen LogP contribution in [-0.2, 0) is 42.9 Å². The van der Waals surface area contributed by atoms with Gasteiger partial charge in [0.1, 0.15) is 18.8 Å². The number of carbonyl (C=O) groups excluding carboxylic acids is 3. The van der Waals surface area contributed by atoms with Crippen molar-refractivity contribution in [1.82, 2.24) is 0 Å². The van der Waals surface area contributed by atoms with Gasteiger partial charge in [0, 0.05) is 19.3 Å². The highest BCUT2D eigenvalue weighted by molar-refractivity contribution is 5.74. The second kappa shape index (κ2) is 44.1. The van der Waals surface area contributed by atoms with E-state index in [9.17, 15) is 34.5 Å². The van der Waals surface area contributed by atoms with E-state index in [1.807, 2.05) is 30.4 Å². The van der Waals surface area contributed by atoms with E-state index >= 15 is 0 Å². The highest BCUT2D eigenvalue weighted by Crippen LogP contribution is 2.26. The summed E-state index contributed by atoms with van der Waals surface area (Å²) in [5.74, 6) is -3.41. The number of esters is 3. The molecule has 6 atom stereocenters. The van der Waals surface area contributed by atoms with Crippen molar-refractivity contribution in [2.45, 2.75) is 186 Å². The normalized spacial score (nSPS) is 19.8. The number of carbonyl (C=O) groups is 4. The molecule has 1 aliphatic rings. The third-order valence-corrected chi connectivity index (χ3v) is 10.2. The zero-order valence-corrected chi connectivity index (χ0v) is 41.7. The molecule has 6 unspecified atom stereocenters. The molecule has 12 heteroatoms. The average molecular weight is 961 g/mol. The molecule has 1 heterocycles. The van der Waals surface area contributed by atoms with Crippen LogP contribution in [0.2, 0.25) is 0 Å². The monoisotopic (exact) mass is 961 g/mol. The molecule has 1 aliphatic heterocycles. The quantitative estimate of drug-likeness (QED) is 0.0230. The molecule has 0 aliphatic carbocycles. The summed E-state index contributed by atoms with van der Waals surface area (Å²) in [7, 11) is 0. The van der Waals surface area contributed by atoms with Gasteiger partial charge in [-0.3, -0.25) is 14.4 Å². The number of aliphatic hydroxyl groups excluding tert-OH is 2. The van der Waals surface area contributed by atoms with Crippen molar-refractivity contribution in [1.29, 1.82) is 0 Å². The van der Waals surface area contributed by atoms with Crippen molar-refractivity contribution in [2.75, 3.05) is 13.2 Å². The Labute approximate surface area is 413 Å². The third kappa shape index (κ3) is 34.7. The van der Waals surface area contributed by atoms with Crippen LogP contribution in [0.25, 0.3) is 0 Å². The first-order chi connectivity index (χ1) is 33.6. The predicted octanol–water partition coefficient (Wildman–Crippen LogP) is 11.9. The largest absolute Gasteiger partial charge is 0.479 e. The molecule has 384 valence electrons. The molecule has 1 rings (SSSR count). The van der Waals surface area contributed by atoms with Crippen LogP contribution in [0.1, 0.15) is 149 Å². The Morgan fingerprint density at radius 3 is 1.35 bits per heavy atom. The van der Waals surface area contributed by atoms with E-state index in [0.717, 1.165) is 83.5 Å². The smallest absolute Gasteiger partial charge is 0.335 e. The Morgan fingerprint density at radius 2 is 0.899 bits per heavy atom. The van der Waals surface area contributed by atoms with Gasteiger partial charge in [0.05, 0.1) is 6.61 Å². The number of carboxylic acids is 1. The van der Waals surface area contributed by atoms with Crippen LogP contribution >= 0.6 is 0 Å². The Kier molecular flexibility index (Phi) is 39.5. The number of aliphatic hydroxyl groups is 2. The molecular formula is C57H84O12. The fourth-order valence-corrected chi connectivity index (χ4v) is 6.46. The Balaban J connectivity index is 2.86. The molecule has 1 saturated heterocycles. The van der Waals surface area contributed by atoms with Gasteiger partial charge in [-0.05, 0) is 103 Å². The van der Waals surface area contributed by atoms with E-state index in [1.54, 1.807) is 0 Å². The first-order valence-electron chi connectivity index (χ1n) is 25.2. The van der Waals surface area contributed by atoms with Crippen molar-refractivity contribution < 1.29 is 58.2 Å². The van der Waals surface area contributed by atoms with Gasteiger partial charge in [0.15, 0.2) is 24.6 Å². The summed E-state index contributed by atoms with van der Waals surface area (Å²) in [6.45, 7) is 5.44. The first kappa shape index (κ1) is 61.9. The number of rotatable bonds is 39. The van der Waals surface area contributed by atoms with Crippen LogP contribution in [0.15, 0.2) is 134 Å². The van der Waals surface area contributed by atoms with Crippen LogP contribution in [0.4, 0.5) is 0 Å². The van der Waals surface area contributed by atoms with Crippen molar-refractivity contribution in [3.8, 4) is 0 Å². The number of hydrogen-bond donors (Lipinski definition) is 3. The number of unbranched alkanes of at least 4 members (excludes halogenated alkanes) is 3. The molecule has 0 aromatic rings. The van der Waals surface area contributed by atoms with Gasteiger partial charge in [-0.1, -0.05) is 161 Å². The standard InChI is InChI=1S/C57H84O12/c1-4-7-10-13-16-19-22-25-28-31-34-37-40-43-49(58)65-46-48(67-50(59)44-41-38-35-32-29-26-23-20-17-14-11-8-5-2)47-66-57-55(53(62)52(61)54(69-57)56(63)64)68-51(60)45-42-39-36-33-30-27-24-21-18-15-12-9-6-3/h7-12,16-21,25-30,34-35,37-38,48,52-55,57,61-62H,4-6,13-15,22-24,31-33,36,39-47H2,1-3H3,(H,63,64)/b10-7-,11-8-,12-9-,19-16-,20-17-,21-18-,28-25-,29-26-,30-27-,37-34-,38-35-. The molecule has 0 amide bonds. The van der Waals surface area contributed by atoms with Gasteiger partial charge in [-0.15, -0.1) is 0 Å². The third-order valence-electron chi connectivity index (χ3n) is 10.2. The second-order valence-electron chi connectivity index (χ2n) is 16.3. The second-order valence-corrected chi connectivity index (χ2v) is 16.3. The van der Waals surface area contributed by atoms with E-state index < -0.39 is 73.9 Å². The molecule has 3 N–H and O–H groups in total. The van der Waals surface area contributed by atoms with E-state index in [4.69, 9.17) is 23.7 Å². The molecule has 0 aromatic heterocycles. The maximum atomic E-state index is 13.0. The van der Waals surface area contributed by atoms with E-state index in [1.165, 1.54) is 0 Å². The van der Waals surface area contributed by atoms with Crippen LogP contribution in [0.5, 0.6) is 0 Å². The Hall–Kier alpha value is -5.14. The molecule has 0 spiro atoms. The molecule has 0 saturated carbocycles. The van der Waals surface area contributed by atoms with Gasteiger partial charge in [0.25, 0.3) is 0 Å². The van der Waals surface area contributed by atoms with Crippen molar-refractivity contribution in [2.24, 2.45) is 0 Å². The lowest BCUT2D eigenvalue weighted by atomic mass is 9.98. The lowest BCUT2D eigenvalue weighted by Gasteiger charge is -2.40. The zero-order valence-electron chi connectivity index (χ0n) is 41.7. The lowest BCUT2D eigenvalue weighted by Crippen LogP contribution is -2.61. The number of hydrogen-bond acceptors (Lipinski definition) is 11. The summed E-state index contributed by atoms with van der Waals surface area (Å²) in [4.78, 5) is 50.7. The highest BCUT2D eigenvalue weighted by atomic mass is 16.7. The van der Waals surface area contributed by atoms with Crippen LogP contribution in [0.3, 0.4) is 0 Å². The summed E-state index contributed by atoms with van der Waals surface area (Å²) in [6.07, 6.45) is 49.1. The Morgan fingerprint density at radius 1 is 0.478 bits per heavy atom. The summed E-state index contributed by atoms with van der Waals surface area (Å²) in [6, 6.07) is 0. The fourth-order valence-electron chi connectivity index (χ4n) is 6.46. The number of ether oxygens (including phenoxy) is 5. The minimum Gasteiger partial charge on any atom is -0.479 e. The minimum absolute atomic E-state index is 0.00248. The van der Waals surface area contributed by atoms with Gasteiger partial charge >= 0.3 is 23.9 Å². The van der Waals surface area contributed by atoms with Crippen molar-refractivity contribution in [3.63, 3.8) is 0 Å². The zero-order chi connectivity index (χ0) is 50.4. The fraction of sp³-hybridized carbons (Fsp3) is 0.544.